The Hall–Kier alpha value is -1.02. The first-order chi connectivity index (χ1) is 5.74. The maximum Gasteiger partial charge on any atom is 0.143 e. The van der Waals surface area contributed by atoms with Gasteiger partial charge in [-0.1, -0.05) is 29.8 Å². The Balaban J connectivity index is 2.97. The molecule has 0 fully saturated rings. The maximum absolute atomic E-state index is 10.1. The molecular formula is C10H10OS. The summed E-state index contributed by atoms with van der Waals surface area (Å²) in [4.78, 5) is 10.8. The molecule has 0 N–H and O–H groups in total. The van der Waals surface area contributed by atoms with E-state index in [0.717, 1.165) is 11.8 Å². The molecule has 1 aromatic carbocycles. The van der Waals surface area contributed by atoms with E-state index in [2.05, 4.69) is 12.6 Å². The van der Waals surface area contributed by atoms with Crippen molar-refractivity contribution in [1.82, 2.24) is 0 Å². The smallest absolute Gasteiger partial charge is 0.143 e. The molecule has 0 saturated carbocycles. The van der Waals surface area contributed by atoms with Crippen LogP contribution in [0, 0.1) is 6.92 Å². The zero-order valence-electron chi connectivity index (χ0n) is 6.82. The summed E-state index contributed by atoms with van der Waals surface area (Å²) >= 11 is 4.16. The number of hydrogen-bond donors (Lipinski definition) is 1. The zero-order chi connectivity index (χ0) is 8.97. The number of carbonyl (C=O) groups is 1. The van der Waals surface area contributed by atoms with Crippen LogP contribution >= 0.6 is 12.6 Å². The zero-order valence-corrected chi connectivity index (χ0v) is 7.71. The number of benzene rings is 1. The predicted molar refractivity (Wildman–Crippen MR) is 54.2 cm³/mol. The van der Waals surface area contributed by atoms with Gasteiger partial charge in [0.1, 0.15) is 6.29 Å². The molecule has 0 saturated heterocycles. The summed E-state index contributed by atoms with van der Waals surface area (Å²) in [6.07, 6.45) is 2.18. The van der Waals surface area contributed by atoms with Gasteiger partial charge in [-0.2, -0.15) is 0 Å². The monoisotopic (exact) mass is 178 g/mol. The number of thiol groups is 1. The number of hydrogen-bond acceptors (Lipinski definition) is 2. The molecule has 0 atom stereocenters. The first-order valence-corrected chi connectivity index (χ1v) is 4.10. The summed E-state index contributed by atoms with van der Waals surface area (Å²) < 4.78 is 0. The molecule has 2 heteroatoms. The van der Waals surface area contributed by atoms with Crippen LogP contribution in [0.1, 0.15) is 11.1 Å². The Bertz CT molecular complexity index is 298. The largest absolute Gasteiger partial charge is 0.299 e. The standard InChI is InChI=1S/C10H10OS/c1-8-2-4-9(5-3-8)10(12)6-7-11/h2-7,12H,1H3/b10-6-. The van der Waals surface area contributed by atoms with Crippen LogP contribution in [0.15, 0.2) is 30.3 Å². The highest BCUT2D eigenvalue weighted by atomic mass is 32.1. The minimum Gasteiger partial charge on any atom is -0.299 e. The molecule has 0 amide bonds. The molecule has 0 radical (unpaired) electrons. The fourth-order valence-electron chi connectivity index (χ4n) is 0.885. The fraction of sp³-hybridized carbons (Fsp3) is 0.100. The molecular weight excluding hydrogens is 168 g/mol. The van der Waals surface area contributed by atoms with E-state index in [1.165, 1.54) is 11.6 Å². The lowest BCUT2D eigenvalue weighted by molar-refractivity contribution is -0.104. The lowest BCUT2D eigenvalue weighted by Gasteiger charge is -1.98. The average molecular weight is 178 g/mol. The van der Waals surface area contributed by atoms with E-state index in [0.29, 0.717) is 4.91 Å². The van der Waals surface area contributed by atoms with Crippen LogP contribution < -0.4 is 0 Å². The van der Waals surface area contributed by atoms with E-state index in [4.69, 9.17) is 0 Å². The van der Waals surface area contributed by atoms with Gasteiger partial charge in [0.15, 0.2) is 0 Å². The molecule has 0 aliphatic rings. The summed E-state index contributed by atoms with van der Waals surface area (Å²) in [5, 5.41) is 0. The Morgan fingerprint density at radius 1 is 1.33 bits per heavy atom. The fourth-order valence-corrected chi connectivity index (χ4v) is 1.09. The maximum atomic E-state index is 10.1. The van der Waals surface area contributed by atoms with Crippen LogP contribution in [0.25, 0.3) is 4.91 Å². The number of rotatable bonds is 2. The van der Waals surface area contributed by atoms with Crippen LogP contribution in [0.5, 0.6) is 0 Å². The van der Waals surface area contributed by atoms with Crippen LogP contribution in [0.2, 0.25) is 0 Å². The van der Waals surface area contributed by atoms with Crippen molar-refractivity contribution in [2.45, 2.75) is 6.92 Å². The second-order valence-electron chi connectivity index (χ2n) is 2.55. The van der Waals surface area contributed by atoms with E-state index in [1.54, 1.807) is 0 Å². The molecule has 0 spiro atoms. The molecule has 0 aromatic heterocycles. The van der Waals surface area contributed by atoms with Gasteiger partial charge < -0.3 is 0 Å². The first kappa shape index (κ1) is 9.07. The first-order valence-electron chi connectivity index (χ1n) is 3.65. The summed E-state index contributed by atoms with van der Waals surface area (Å²) in [6.45, 7) is 2.02. The van der Waals surface area contributed by atoms with Crippen molar-refractivity contribution in [3.8, 4) is 0 Å². The van der Waals surface area contributed by atoms with Gasteiger partial charge in [-0.25, -0.2) is 0 Å². The molecule has 0 aliphatic heterocycles. The van der Waals surface area contributed by atoms with Crippen LogP contribution in [0.3, 0.4) is 0 Å². The van der Waals surface area contributed by atoms with Gasteiger partial charge in [0.05, 0.1) is 0 Å². The number of aryl methyl sites for hydroxylation is 1. The molecule has 1 rings (SSSR count). The summed E-state index contributed by atoms with van der Waals surface area (Å²) in [5.41, 5.74) is 2.17. The third-order valence-electron chi connectivity index (χ3n) is 1.57. The van der Waals surface area contributed by atoms with Gasteiger partial charge in [-0.3, -0.25) is 4.79 Å². The highest BCUT2D eigenvalue weighted by Crippen LogP contribution is 2.17. The highest BCUT2D eigenvalue weighted by molar-refractivity contribution is 7.90. The van der Waals surface area contributed by atoms with E-state index < -0.39 is 0 Å². The summed E-state index contributed by atoms with van der Waals surface area (Å²) in [5.74, 6) is 0. The predicted octanol–water partition coefficient (Wildman–Crippen LogP) is 2.46. The van der Waals surface area contributed by atoms with Gasteiger partial charge in [-0.05, 0) is 18.6 Å². The quantitative estimate of drug-likeness (QED) is 0.418. The van der Waals surface area contributed by atoms with Crippen LogP contribution in [-0.2, 0) is 4.79 Å². The van der Waals surface area contributed by atoms with Crippen LogP contribution in [-0.4, -0.2) is 6.29 Å². The molecule has 0 unspecified atom stereocenters. The molecule has 1 aromatic rings. The van der Waals surface area contributed by atoms with Gasteiger partial charge in [0.25, 0.3) is 0 Å². The molecule has 0 heterocycles. The van der Waals surface area contributed by atoms with Crippen molar-refractivity contribution >= 4 is 23.8 Å². The second-order valence-corrected chi connectivity index (χ2v) is 3.04. The van der Waals surface area contributed by atoms with E-state index >= 15 is 0 Å². The number of allylic oxidation sites excluding steroid dienone is 1. The Morgan fingerprint density at radius 2 is 1.92 bits per heavy atom. The van der Waals surface area contributed by atoms with E-state index in [-0.39, 0.29) is 0 Å². The molecule has 62 valence electrons. The third kappa shape index (κ3) is 2.24. The van der Waals surface area contributed by atoms with Crippen molar-refractivity contribution in [3.63, 3.8) is 0 Å². The summed E-state index contributed by atoms with van der Waals surface area (Å²) in [7, 11) is 0. The lowest BCUT2D eigenvalue weighted by Crippen LogP contribution is -1.78. The van der Waals surface area contributed by atoms with E-state index in [1.807, 2.05) is 31.2 Å². The summed E-state index contributed by atoms with van der Waals surface area (Å²) in [6, 6.07) is 7.86. The van der Waals surface area contributed by atoms with Crippen LogP contribution in [0.4, 0.5) is 0 Å². The Kier molecular flexibility index (Phi) is 3.11. The normalized spacial score (nSPS) is 11.3. The lowest BCUT2D eigenvalue weighted by atomic mass is 10.1. The molecule has 1 nitrogen and oxygen atoms in total. The Labute approximate surface area is 77.5 Å². The van der Waals surface area contributed by atoms with Crippen molar-refractivity contribution < 1.29 is 4.79 Å². The van der Waals surface area contributed by atoms with Gasteiger partial charge in [0, 0.05) is 4.91 Å². The highest BCUT2D eigenvalue weighted by Gasteiger charge is 1.93. The molecule has 0 bridgehead atoms. The minimum absolute atomic E-state index is 0.699. The SMILES string of the molecule is Cc1ccc(/C(S)=C/C=O)cc1. The van der Waals surface area contributed by atoms with Crippen molar-refractivity contribution in [3.05, 3.63) is 41.5 Å². The number of aldehydes is 1. The number of carbonyl (C=O) groups excluding carboxylic acids is 1. The van der Waals surface area contributed by atoms with Gasteiger partial charge in [-0.15, -0.1) is 12.6 Å². The van der Waals surface area contributed by atoms with Crippen molar-refractivity contribution in [2.75, 3.05) is 0 Å². The average Bonchev–Trinajstić information content (AvgIpc) is 2.06. The molecule has 12 heavy (non-hydrogen) atoms. The van der Waals surface area contributed by atoms with Gasteiger partial charge >= 0.3 is 0 Å². The van der Waals surface area contributed by atoms with Crippen molar-refractivity contribution in [2.24, 2.45) is 0 Å². The van der Waals surface area contributed by atoms with E-state index in [9.17, 15) is 4.79 Å². The minimum atomic E-state index is 0.699. The van der Waals surface area contributed by atoms with Crippen molar-refractivity contribution in [1.29, 1.82) is 0 Å². The third-order valence-corrected chi connectivity index (χ3v) is 1.98. The second kappa shape index (κ2) is 4.12. The van der Waals surface area contributed by atoms with Gasteiger partial charge in [0.2, 0.25) is 0 Å². The Morgan fingerprint density at radius 3 is 2.42 bits per heavy atom. The molecule has 0 aliphatic carbocycles. The topological polar surface area (TPSA) is 17.1 Å².